The summed E-state index contributed by atoms with van der Waals surface area (Å²) < 4.78 is 0. The van der Waals surface area contributed by atoms with Gasteiger partial charge in [0.2, 0.25) is 5.91 Å². The van der Waals surface area contributed by atoms with Gasteiger partial charge >= 0.3 is 0 Å². The lowest BCUT2D eigenvalue weighted by Crippen LogP contribution is -2.47. The van der Waals surface area contributed by atoms with Gasteiger partial charge in [-0.1, -0.05) is 0 Å². The van der Waals surface area contributed by atoms with E-state index in [0.717, 1.165) is 0 Å². The van der Waals surface area contributed by atoms with Crippen molar-refractivity contribution in [2.45, 2.75) is 38.8 Å². The van der Waals surface area contributed by atoms with Crippen LogP contribution in [0.2, 0.25) is 0 Å². The monoisotopic (exact) mass is 245 g/mol. The van der Waals surface area contributed by atoms with Crippen LogP contribution in [0.3, 0.4) is 0 Å². The molecular weight excluding hydrogens is 226 g/mol. The third-order valence-corrected chi connectivity index (χ3v) is 3.42. The summed E-state index contributed by atoms with van der Waals surface area (Å²) in [5, 5.41) is 12.7. The fourth-order valence-electron chi connectivity index (χ4n) is 2.92. The second kappa shape index (κ2) is 4.14. The van der Waals surface area contributed by atoms with Gasteiger partial charge in [0.05, 0.1) is 5.92 Å². The maximum atomic E-state index is 11.5. The average Bonchev–Trinajstić information content (AvgIpc) is 2.25. The van der Waals surface area contributed by atoms with Crippen LogP contribution in [-0.2, 0) is 9.63 Å². The number of primary amides is 1. The Morgan fingerprint density at radius 3 is 2.35 bits per heavy atom. The summed E-state index contributed by atoms with van der Waals surface area (Å²) in [6.45, 7) is 7.34. The molecular formula is C10H19N3O4. The van der Waals surface area contributed by atoms with Crippen LogP contribution in [0.4, 0.5) is 0 Å². The predicted octanol–water partition coefficient (Wildman–Crippen LogP) is 0.0728. The number of carbonyl (C=O) groups is 1. The average molecular weight is 245 g/mol. The summed E-state index contributed by atoms with van der Waals surface area (Å²) in [5.41, 5.74) is 4.44. The van der Waals surface area contributed by atoms with E-state index >= 15 is 0 Å². The van der Waals surface area contributed by atoms with Crippen LogP contribution in [0.5, 0.6) is 0 Å². The van der Waals surface area contributed by atoms with E-state index in [9.17, 15) is 14.9 Å². The summed E-state index contributed by atoms with van der Waals surface area (Å²) in [5.74, 6) is -1.30. The first-order valence-electron chi connectivity index (χ1n) is 5.44. The zero-order valence-electron chi connectivity index (χ0n) is 10.5. The van der Waals surface area contributed by atoms with E-state index in [2.05, 4.69) is 10.2 Å². The van der Waals surface area contributed by atoms with Gasteiger partial charge in [-0.25, -0.2) is 0 Å². The number of carbonyl (C=O) groups excluding carboxylic acids is 1. The SMILES string of the molecule is CC1(C)NC(C)(C)C(C(N)=O)C1CO[N+](=O)[O-]. The minimum absolute atomic E-state index is 0.135. The molecule has 98 valence electrons. The van der Waals surface area contributed by atoms with Crippen LogP contribution in [0.15, 0.2) is 0 Å². The van der Waals surface area contributed by atoms with E-state index in [4.69, 9.17) is 5.73 Å². The van der Waals surface area contributed by atoms with E-state index < -0.39 is 28.0 Å². The van der Waals surface area contributed by atoms with Crippen molar-refractivity contribution in [3.8, 4) is 0 Å². The lowest BCUT2D eigenvalue weighted by atomic mass is 9.77. The number of hydrogen-bond acceptors (Lipinski definition) is 5. The first kappa shape index (κ1) is 13.7. The molecule has 1 heterocycles. The van der Waals surface area contributed by atoms with Gasteiger partial charge in [-0.05, 0) is 27.7 Å². The Bertz CT molecular complexity index is 340. The molecule has 1 rings (SSSR count). The lowest BCUT2D eigenvalue weighted by molar-refractivity contribution is -0.759. The molecule has 1 fully saturated rings. The minimum atomic E-state index is -0.848. The van der Waals surface area contributed by atoms with Crippen molar-refractivity contribution in [3.63, 3.8) is 0 Å². The molecule has 1 amide bonds. The van der Waals surface area contributed by atoms with E-state index in [-0.39, 0.29) is 12.5 Å². The molecule has 2 atom stereocenters. The Kier molecular flexibility index (Phi) is 3.33. The zero-order chi connectivity index (χ0) is 13.4. The van der Waals surface area contributed by atoms with E-state index in [1.807, 2.05) is 27.7 Å². The molecule has 0 aromatic heterocycles. The lowest BCUT2D eigenvalue weighted by Gasteiger charge is -2.27. The van der Waals surface area contributed by atoms with Crippen molar-refractivity contribution in [2.75, 3.05) is 6.61 Å². The van der Waals surface area contributed by atoms with Crippen molar-refractivity contribution >= 4 is 5.91 Å². The van der Waals surface area contributed by atoms with Crippen LogP contribution in [0, 0.1) is 22.0 Å². The Labute approximate surface area is 99.8 Å². The van der Waals surface area contributed by atoms with E-state index in [1.165, 1.54) is 0 Å². The summed E-state index contributed by atoms with van der Waals surface area (Å²) in [7, 11) is 0. The fraction of sp³-hybridized carbons (Fsp3) is 0.900. The van der Waals surface area contributed by atoms with Gasteiger partial charge in [0, 0.05) is 17.0 Å². The highest BCUT2D eigenvalue weighted by molar-refractivity contribution is 5.79. The number of nitrogens with one attached hydrogen (secondary N) is 1. The highest BCUT2D eigenvalue weighted by atomic mass is 16.9. The molecule has 3 N–H and O–H groups in total. The maximum absolute atomic E-state index is 11.5. The van der Waals surface area contributed by atoms with Crippen molar-refractivity contribution in [1.82, 2.24) is 5.32 Å². The van der Waals surface area contributed by atoms with E-state index in [1.54, 1.807) is 0 Å². The Morgan fingerprint density at radius 1 is 1.41 bits per heavy atom. The van der Waals surface area contributed by atoms with Crippen molar-refractivity contribution in [2.24, 2.45) is 17.6 Å². The third-order valence-electron chi connectivity index (χ3n) is 3.42. The van der Waals surface area contributed by atoms with E-state index in [0.29, 0.717) is 0 Å². The molecule has 7 nitrogen and oxygen atoms in total. The number of amides is 1. The van der Waals surface area contributed by atoms with Crippen molar-refractivity contribution < 1.29 is 14.7 Å². The first-order chi connectivity index (χ1) is 7.58. The molecule has 2 unspecified atom stereocenters. The predicted molar refractivity (Wildman–Crippen MR) is 60.4 cm³/mol. The highest BCUT2D eigenvalue weighted by Gasteiger charge is 2.54. The first-order valence-corrected chi connectivity index (χ1v) is 5.44. The normalized spacial score (nSPS) is 29.9. The third kappa shape index (κ3) is 2.66. The van der Waals surface area contributed by atoms with Crippen molar-refractivity contribution in [1.29, 1.82) is 0 Å². The molecule has 1 aliphatic heterocycles. The van der Waals surface area contributed by atoms with Gasteiger partial charge < -0.3 is 15.9 Å². The zero-order valence-corrected chi connectivity index (χ0v) is 10.5. The summed E-state index contributed by atoms with van der Waals surface area (Å²) >= 11 is 0. The molecule has 1 saturated heterocycles. The molecule has 0 saturated carbocycles. The van der Waals surface area contributed by atoms with Gasteiger partial charge in [-0.15, -0.1) is 10.1 Å². The number of nitrogens with two attached hydrogens (primary N) is 1. The standard InChI is InChI=1S/C10H19N3O4/c1-9(2)6(5-17-13(15)16)7(8(11)14)10(3,4)12-9/h6-7,12H,5H2,1-4H3,(H2,11,14). The highest BCUT2D eigenvalue weighted by Crippen LogP contribution is 2.41. The second-order valence-electron chi connectivity index (χ2n) is 5.57. The minimum Gasteiger partial charge on any atom is -0.369 e. The van der Waals surface area contributed by atoms with Gasteiger partial charge in [-0.3, -0.25) is 4.79 Å². The number of nitrogens with zero attached hydrogens (tertiary/aromatic N) is 1. The van der Waals surface area contributed by atoms with Crippen LogP contribution in [0.1, 0.15) is 27.7 Å². The van der Waals surface area contributed by atoms with Crippen molar-refractivity contribution in [3.05, 3.63) is 10.1 Å². The largest absolute Gasteiger partial charge is 0.369 e. The number of rotatable bonds is 4. The molecule has 0 bridgehead atoms. The molecule has 0 radical (unpaired) electrons. The van der Waals surface area contributed by atoms with Gasteiger partial charge in [-0.2, -0.15) is 0 Å². The molecule has 0 aromatic rings. The van der Waals surface area contributed by atoms with Crippen LogP contribution >= 0.6 is 0 Å². The molecule has 7 heteroatoms. The van der Waals surface area contributed by atoms with Crippen LogP contribution < -0.4 is 11.1 Å². The molecule has 0 spiro atoms. The van der Waals surface area contributed by atoms with Crippen LogP contribution in [-0.4, -0.2) is 28.7 Å². The Hall–Kier alpha value is -1.37. The van der Waals surface area contributed by atoms with Gasteiger partial charge in [0.25, 0.3) is 5.09 Å². The quantitative estimate of drug-likeness (QED) is 0.538. The molecule has 0 aromatic carbocycles. The van der Waals surface area contributed by atoms with Crippen LogP contribution in [0.25, 0.3) is 0 Å². The summed E-state index contributed by atoms with van der Waals surface area (Å²) in [6.07, 6.45) is 0. The molecule has 0 aliphatic carbocycles. The smallest absolute Gasteiger partial charge is 0.294 e. The Balaban J connectivity index is 2.96. The second-order valence-corrected chi connectivity index (χ2v) is 5.57. The van der Waals surface area contributed by atoms with Gasteiger partial charge in [0.15, 0.2) is 0 Å². The summed E-state index contributed by atoms with van der Waals surface area (Å²) in [6, 6.07) is 0. The van der Waals surface area contributed by atoms with Gasteiger partial charge in [0.1, 0.15) is 6.61 Å². The number of hydrogen-bond donors (Lipinski definition) is 2. The molecule has 1 aliphatic rings. The fourth-order valence-corrected chi connectivity index (χ4v) is 2.92. The Morgan fingerprint density at radius 2 is 1.94 bits per heavy atom. The maximum Gasteiger partial charge on any atom is 0.294 e. The summed E-state index contributed by atoms with van der Waals surface area (Å²) in [4.78, 5) is 26.2. The topological polar surface area (TPSA) is 107 Å². The molecule has 17 heavy (non-hydrogen) atoms.